The van der Waals surface area contributed by atoms with Crippen molar-refractivity contribution >= 4 is 12.4 Å². The summed E-state index contributed by atoms with van der Waals surface area (Å²) in [6.45, 7) is -3.77. The van der Waals surface area contributed by atoms with Crippen LogP contribution in [0.2, 0.25) is 0 Å². The zero-order valence-electron chi connectivity index (χ0n) is 7.10. The van der Waals surface area contributed by atoms with Gasteiger partial charge in [0.25, 0.3) is 0 Å². The van der Waals surface area contributed by atoms with Gasteiger partial charge in [-0.1, -0.05) is 23.8 Å². The predicted octanol–water partition coefficient (Wildman–Crippen LogP) is 1.54. The lowest BCUT2D eigenvalue weighted by atomic mass is 9.77. The standard InChI is InChI=1S/C8H9BF3O/c1-6-4-7(5-13)2-3-8(6)9(10,11)12/h2-4,13H,5H2,1H3/q-1. The largest absolute Gasteiger partial charge is 0.509 e. The lowest BCUT2D eigenvalue weighted by molar-refractivity contribution is 0.282. The summed E-state index contributed by atoms with van der Waals surface area (Å²) in [5, 5.41) is 8.68. The molecule has 0 bridgehead atoms. The van der Waals surface area contributed by atoms with E-state index in [-0.39, 0.29) is 12.2 Å². The van der Waals surface area contributed by atoms with Crippen molar-refractivity contribution in [2.75, 3.05) is 0 Å². The summed E-state index contributed by atoms with van der Waals surface area (Å²) >= 11 is 0. The summed E-state index contributed by atoms with van der Waals surface area (Å²) in [6.07, 6.45) is 0. The number of halogens is 3. The van der Waals surface area contributed by atoms with E-state index in [1.807, 2.05) is 0 Å². The highest BCUT2D eigenvalue weighted by Gasteiger charge is 2.26. The minimum atomic E-state index is -4.93. The first-order valence-corrected chi connectivity index (χ1v) is 3.85. The molecule has 1 N–H and O–H groups in total. The molecule has 1 aromatic rings. The fourth-order valence-corrected chi connectivity index (χ4v) is 1.20. The molecule has 0 unspecified atom stereocenters. The number of hydrogen-bond acceptors (Lipinski definition) is 1. The average Bonchev–Trinajstić information content (AvgIpc) is 2.01. The average molecular weight is 189 g/mol. The Labute approximate surface area is 74.3 Å². The van der Waals surface area contributed by atoms with Gasteiger partial charge in [0.15, 0.2) is 0 Å². The first-order chi connectivity index (χ1) is 5.95. The van der Waals surface area contributed by atoms with Crippen molar-refractivity contribution in [3.8, 4) is 0 Å². The second-order valence-corrected chi connectivity index (χ2v) is 2.92. The molecule has 0 fully saturated rings. The molecular weight excluding hydrogens is 180 g/mol. The quantitative estimate of drug-likeness (QED) is 0.699. The molecule has 1 aromatic carbocycles. The molecule has 0 amide bonds. The van der Waals surface area contributed by atoms with Crippen LogP contribution in [-0.4, -0.2) is 12.1 Å². The Kier molecular flexibility index (Phi) is 2.66. The van der Waals surface area contributed by atoms with Crippen LogP contribution in [0.15, 0.2) is 18.2 Å². The maximum Gasteiger partial charge on any atom is 0.509 e. The number of aryl methyl sites for hydroxylation is 1. The summed E-state index contributed by atoms with van der Waals surface area (Å²) in [5.74, 6) is 0. The number of rotatable bonds is 2. The molecule has 13 heavy (non-hydrogen) atoms. The van der Waals surface area contributed by atoms with Gasteiger partial charge in [0.05, 0.1) is 6.61 Å². The summed E-state index contributed by atoms with van der Waals surface area (Å²) in [5.41, 5.74) is 0.0811. The van der Waals surface area contributed by atoms with E-state index in [4.69, 9.17) is 5.11 Å². The summed E-state index contributed by atoms with van der Waals surface area (Å²) in [7, 11) is 0. The summed E-state index contributed by atoms with van der Waals surface area (Å²) in [6, 6.07) is 3.66. The fourth-order valence-electron chi connectivity index (χ4n) is 1.20. The third-order valence-corrected chi connectivity index (χ3v) is 1.87. The Hall–Kier alpha value is -0.965. The third kappa shape index (κ3) is 2.24. The highest BCUT2D eigenvalue weighted by Crippen LogP contribution is 2.13. The molecule has 0 aliphatic heterocycles. The van der Waals surface area contributed by atoms with Crippen LogP contribution in [0.4, 0.5) is 12.9 Å². The van der Waals surface area contributed by atoms with Crippen LogP contribution >= 0.6 is 0 Å². The Morgan fingerprint density at radius 3 is 2.31 bits per heavy atom. The summed E-state index contributed by atoms with van der Waals surface area (Å²) in [4.78, 5) is 0. The van der Waals surface area contributed by atoms with Gasteiger partial charge in [0, 0.05) is 0 Å². The fraction of sp³-hybridized carbons (Fsp3) is 0.250. The van der Waals surface area contributed by atoms with E-state index < -0.39 is 12.4 Å². The molecule has 1 nitrogen and oxygen atoms in total. The minimum Gasteiger partial charge on any atom is -0.445 e. The number of aliphatic hydroxyl groups excluding tert-OH is 1. The Bertz CT molecular complexity index is 309. The monoisotopic (exact) mass is 189 g/mol. The number of benzene rings is 1. The van der Waals surface area contributed by atoms with Gasteiger partial charge in [-0.3, -0.25) is 0 Å². The molecule has 0 aromatic heterocycles. The number of aliphatic hydroxyl groups is 1. The van der Waals surface area contributed by atoms with Crippen molar-refractivity contribution < 1.29 is 18.1 Å². The Balaban J connectivity index is 3.13. The Morgan fingerprint density at radius 1 is 1.31 bits per heavy atom. The normalized spacial score (nSPS) is 11.8. The summed E-state index contributed by atoms with van der Waals surface area (Å²) < 4.78 is 36.9. The first-order valence-electron chi connectivity index (χ1n) is 3.85. The molecule has 0 aliphatic rings. The molecular formula is C8H9BF3O-. The van der Waals surface area contributed by atoms with Crippen LogP contribution < -0.4 is 5.46 Å². The van der Waals surface area contributed by atoms with E-state index in [1.54, 1.807) is 0 Å². The van der Waals surface area contributed by atoms with E-state index in [1.165, 1.54) is 19.1 Å². The van der Waals surface area contributed by atoms with Crippen molar-refractivity contribution in [1.82, 2.24) is 0 Å². The van der Waals surface area contributed by atoms with E-state index in [0.717, 1.165) is 6.07 Å². The zero-order valence-corrected chi connectivity index (χ0v) is 7.10. The highest BCUT2D eigenvalue weighted by atomic mass is 19.4. The smallest absolute Gasteiger partial charge is 0.445 e. The van der Waals surface area contributed by atoms with Crippen molar-refractivity contribution in [1.29, 1.82) is 0 Å². The first kappa shape index (κ1) is 10.1. The van der Waals surface area contributed by atoms with Gasteiger partial charge in [-0.15, -0.1) is 5.46 Å². The van der Waals surface area contributed by atoms with E-state index in [0.29, 0.717) is 5.56 Å². The molecule has 5 heteroatoms. The third-order valence-electron chi connectivity index (χ3n) is 1.87. The van der Waals surface area contributed by atoms with Crippen LogP contribution in [0, 0.1) is 6.92 Å². The van der Waals surface area contributed by atoms with E-state index >= 15 is 0 Å². The molecule has 0 spiro atoms. The zero-order chi connectivity index (χ0) is 10.1. The van der Waals surface area contributed by atoms with Gasteiger partial charge >= 0.3 is 6.98 Å². The van der Waals surface area contributed by atoms with E-state index in [9.17, 15) is 12.9 Å². The molecule has 0 saturated carbocycles. The van der Waals surface area contributed by atoms with Crippen LogP contribution in [0.1, 0.15) is 11.1 Å². The maximum absolute atomic E-state index is 12.3. The van der Waals surface area contributed by atoms with Crippen LogP contribution in [0.3, 0.4) is 0 Å². The van der Waals surface area contributed by atoms with Crippen molar-refractivity contribution in [2.24, 2.45) is 0 Å². The molecule has 0 atom stereocenters. The van der Waals surface area contributed by atoms with Crippen molar-refractivity contribution in [2.45, 2.75) is 13.5 Å². The van der Waals surface area contributed by atoms with Crippen molar-refractivity contribution in [3.63, 3.8) is 0 Å². The van der Waals surface area contributed by atoms with Gasteiger partial charge in [-0.2, -0.15) is 0 Å². The maximum atomic E-state index is 12.3. The van der Waals surface area contributed by atoms with Gasteiger partial charge in [0.2, 0.25) is 0 Å². The van der Waals surface area contributed by atoms with Crippen LogP contribution in [0.5, 0.6) is 0 Å². The Morgan fingerprint density at radius 2 is 1.92 bits per heavy atom. The predicted molar refractivity (Wildman–Crippen MR) is 45.8 cm³/mol. The SMILES string of the molecule is Cc1cc(CO)ccc1[B-](F)(F)F. The molecule has 0 heterocycles. The molecule has 1 rings (SSSR count). The molecule has 0 radical (unpaired) electrons. The molecule has 0 aliphatic carbocycles. The van der Waals surface area contributed by atoms with Crippen molar-refractivity contribution in [3.05, 3.63) is 29.3 Å². The topological polar surface area (TPSA) is 20.2 Å². The highest BCUT2D eigenvalue weighted by molar-refractivity contribution is 6.74. The lowest BCUT2D eigenvalue weighted by Gasteiger charge is -2.18. The second-order valence-electron chi connectivity index (χ2n) is 2.92. The van der Waals surface area contributed by atoms with Gasteiger partial charge in [-0.05, 0) is 12.5 Å². The van der Waals surface area contributed by atoms with Gasteiger partial charge < -0.3 is 18.1 Å². The van der Waals surface area contributed by atoms with Gasteiger partial charge in [-0.25, -0.2) is 0 Å². The van der Waals surface area contributed by atoms with E-state index in [2.05, 4.69) is 0 Å². The second kappa shape index (κ2) is 3.42. The van der Waals surface area contributed by atoms with Crippen LogP contribution in [-0.2, 0) is 6.61 Å². The van der Waals surface area contributed by atoms with Gasteiger partial charge in [0.1, 0.15) is 0 Å². The van der Waals surface area contributed by atoms with Crippen LogP contribution in [0.25, 0.3) is 0 Å². The minimum absolute atomic E-state index is 0.166. The molecule has 0 saturated heterocycles. The number of hydrogen-bond donors (Lipinski definition) is 1. The lowest BCUT2D eigenvalue weighted by Crippen LogP contribution is -2.36. The molecule has 72 valence electrons.